The standard InChI is InChI=1S/C19H23NO.C2H6.H2/c1-3-5-15-6-10-17(11-7-15)18-12-8-16(9-13-18)14-20-19(21)4-2;1-2;/h6-13H,3-5,14H2,1-2H3,(H,20,21);1-2H3;1H. The number of aryl methyl sites for hydroxylation is 1. The monoisotopic (exact) mass is 313 g/mol. The van der Waals surface area contributed by atoms with E-state index in [1.165, 1.54) is 23.1 Å². The molecule has 0 saturated carbocycles. The highest BCUT2D eigenvalue weighted by Crippen LogP contribution is 2.20. The molecule has 0 aromatic heterocycles. The van der Waals surface area contributed by atoms with Crippen molar-refractivity contribution in [1.82, 2.24) is 5.32 Å². The van der Waals surface area contributed by atoms with Crippen LogP contribution in [0.25, 0.3) is 11.1 Å². The molecular weight excluding hydrogens is 282 g/mol. The minimum Gasteiger partial charge on any atom is -0.352 e. The minimum absolute atomic E-state index is 0. The second-order valence-corrected chi connectivity index (χ2v) is 5.27. The Labute approximate surface area is 142 Å². The van der Waals surface area contributed by atoms with E-state index in [-0.39, 0.29) is 7.33 Å². The SMILES string of the molecule is CC.CCCc1ccc(-c2ccc(CNC(=O)CC)cc2)cc1.[HH]. The molecule has 1 amide bonds. The molecule has 0 unspecified atom stereocenters. The van der Waals surface area contributed by atoms with E-state index >= 15 is 0 Å². The van der Waals surface area contributed by atoms with E-state index in [0.29, 0.717) is 13.0 Å². The van der Waals surface area contributed by atoms with Crippen LogP contribution in [-0.4, -0.2) is 5.91 Å². The molecule has 0 saturated heterocycles. The molecule has 2 heteroatoms. The maximum atomic E-state index is 11.2. The first kappa shape index (κ1) is 19.0. The number of carbonyl (C=O) groups excluding carboxylic acids is 1. The van der Waals surface area contributed by atoms with Crippen molar-refractivity contribution in [1.29, 1.82) is 0 Å². The number of benzene rings is 2. The number of hydrogen-bond acceptors (Lipinski definition) is 1. The second-order valence-electron chi connectivity index (χ2n) is 5.27. The maximum absolute atomic E-state index is 11.2. The van der Waals surface area contributed by atoms with Crippen molar-refractivity contribution in [2.45, 2.75) is 53.5 Å². The average Bonchev–Trinajstić information content (AvgIpc) is 2.63. The van der Waals surface area contributed by atoms with Crippen molar-refractivity contribution in [2.24, 2.45) is 0 Å². The molecular formula is C21H31NO. The molecule has 0 bridgehead atoms. The van der Waals surface area contributed by atoms with Crippen LogP contribution in [0.15, 0.2) is 48.5 Å². The number of rotatable bonds is 6. The van der Waals surface area contributed by atoms with Gasteiger partial charge in [0.2, 0.25) is 5.91 Å². The van der Waals surface area contributed by atoms with E-state index in [4.69, 9.17) is 0 Å². The lowest BCUT2D eigenvalue weighted by atomic mass is 10.0. The third-order valence-corrected chi connectivity index (χ3v) is 3.59. The van der Waals surface area contributed by atoms with E-state index in [1.807, 2.05) is 20.8 Å². The molecule has 0 aliphatic rings. The fourth-order valence-corrected chi connectivity index (χ4v) is 2.29. The number of nitrogens with one attached hydrogen (secondary N) is 1. The van der Waals surface area contributed by atoms with Gasteiger partial charge in [0.05, 0.1) is 0 Å². The van der Waals surface area contributed by atoms with Crippen molar-refractivity contribution < 1.29 is 6.22 Å². The third kappa shape index (κ3) is 6.27. The van der Waals surface area contributed by atoms with Crippen molar-refractivity contribution in [2.75, 3.05) is 0 Å². The van der Waals surface area contributed by atoms with Gasteiger partial charge in [0.1, 0.15) is 0 Å². The van der Waals surface area contributed by atoms with Crippen LogP contribution in [0.4, 0.5) is 0 Å². The molecule has 23 heavy (non-hydrogen) atoms. The van der Waals surface area contributed by atoms with Gasteiger partial charge in [0, 0.05) is 14.4 Å². The molecule has 2 aromatic carbocycles. The Bertz CT molecular complexity index is 576. The Hall–Kier alpha value is -2.09. The first-order valence-corrected chi connectivity index (χ1v) is 8.68. The lowest BCUT2D eigenvalue weighted by Crippen LogP contribution is -2.21. The van der Waals surface area contributed by atoms with Crippen LogP contribution in [0.3, 0.4) is 0 Å². The summed E-state index contributed by atoms with van der Waals surface area (Å²) in [5.41, 5.74) is 4.96. The van der Waals surface area contributed by atoms with Crippen LogP contribution in [0, 0.1) is 0 Å². The molecule has 0 heterocycles. The summed E-state index contributed by atoms with van der Waals surface area (Å²) in [6.07, 6.45) is 2.84. The minimum atomic E-state index is 0. The molecule has 2 rings (SSSR count). The Morgan fingerprint density at radius 3 is 1.78 bits per heavy atom. The van der Waals surface area contributed by atoms with Gasteiger partial charge >= 0.3 is 0 Å². The molecule has 0 aliphatic heterocycles. The molecule has 1 N–H and O–H groups in total. The zero-order valence-electron chi connectivity index (χ0n) is 14.9. The van der Waals surface area contributed by atoms with Gasteiger partial charge in [0.15, 0.2) is 0 Å². The van der Waals surface area contributed by atoms with Gasteiger partial charge in [-0.1, -0.05) is 82.6 Å². The largest absolute Gasteiger partial charge is 0.352 e. The Morgan fingerprint density at radius 1 is 0.870 bits per heavy atom. The highest BCUT2D eigenvalue weighted by atomic mass is 16.1. The Morgan fingerprint density at radius 2 is 1.35 bits per heavy atom. The second kappa shape index (κ2) is 10.6. The van der Waals surface area contributed by atoms with Gasteiger partial charge in [-0.15, -0.1) is 0 Å². The van der Waals surface area contributed by atoms with Crippen LogP contribution in [0.1, 0.15) is 53.1 Å². The van der Waals surface area contributed by atoms with Gasteiger partial charge in [-0.25, -0.2) is 0 Å². The number of hydrogen-bond donors (Lipinski definition) is 1. The van der Waals surface area contributed by atoms with Crippen molar-refractivity contribution in [3.63, 3.8) is 0 Å². The molecule has 126 valence electrons. The molecule has 0 aliphatic carbocycles. The van der Waals surface area contributed by atoms with E-state index < -0.39 is 0 Å². The third-order valence-electron chi connectivity index (χ3n) is 3.59. The smallest absolute Gasteiger partial charge is 0.219 e. The quantitative estimate of drug-likeness (QED) is 0.738. The Kier molecular flexibility index (Phi) is 8.74. The van der Waals surface area contributed by atoms with Crippen molar-refractivity contribution in [3.05, 3.63) is 59.7 Å². The van der Waals surface area contributed by atoms with Crippen LogP contribution in [-0.2, 0) is 17.8 Å². The highest BCUT2D eigenvalue weighted by molar-refractivity contribution is 5.75. The summed E-state index contributed by atoms with van der Waals surface area (Å²) in [5, 5.41) is 2.89. The van der Waals surface area contributed by atoms with Crippen LogP contribution >= 0.6 is 0 Å². The molecule has 0 atom stereocenters. The zero-order valence-corrected chi connectivity index (χ0v) is 14.9. The van der Waals surface area contributed by atoms with Gasteiger partial charge in [-0.2, -0.15) is 0 Å². The lowest BCUT2D eigenvalue weighted by molar-refractivity contribution is -0.120. The molecule has 0 radical (unpaired) electrons. The van der Waals surface area contributed by atoms with Gasteiger partial charge in [-0.05, 0) is 28.7 Å². The molecule has 0 fully saturated rings. The van der Waals surface area contributed by atoms with E-state index in [0.717, 1.165) is 12.0 Å². The first-order chi connectivity index (χ1) is 11.2. The summed E-state index contributed by atoms with van der Waals surface area (Å²) < 4.78 is 0. The summed E-state index contributed by atoms with van der Waals surface area (Å²) >= 11 is 0. The predicted octanol–water partition coefficient (Wildman–Crippen LogP) is 5.60. The van der Waals surface area contributed by atoms with E-state index in [2.05, 4.69) is 60.8 Å². The van der Waals surface area contributed by atoms with Crippen LogP contribution in [0.5, 0.6) is 0 Å². The van der Waals surface area contributed by atoms with E-state index in [9.17, 15) is 4.79 Å². The molecule has 2 nitrogen and oxygen atoms in total. The molecule has 2 aromatic rings. The van der Waals surface area contributed by atoms with Crippen molar-refractivity contribution >= 4 is 5.91 Å². The van der Waals surface area contributed by atoms with Gasteiger partial charge in [-0.3, -0.25) is 4.79 Å². The van der Waals surface area contributed by atoms with Crippen LogP contribution < -0.4 is 5.32 Å². The van der Waals surface area contributed by atoms with Crippen molar-refractivity contribution in [3.8, 4) is 11.1 Å². The highest BCUT2D eigenvalue weighted by Gasteiger charge is 2.00. The van der Waals surface area contributed by atoms with Crippen LogP contribution in [0.2, 0.25) is 0 Å². The normalized spacial score (nSPS) is 9.74. The van der Waals surface area contributed by atoms with Gasteiger partial charge in [0.25, 0.3) is 0 Å². The summed E-state index contributed by atoms with van der Waals surface area (Å²) in [4.78, 5) is 11.2. The summed E-state index contributed by atoms with van der Waals surface area (Å²) in [6.45, 7) is 8.66. The fraction of sp³-hybridized carbons (Fsp3) is 0.381. The maximum Gasteiger partial charge on any atom is 0.219 e. The molecule has 0 spiro atoms. The Balaban J connectivity index is 0.00000170. The topological polar surface area (TPSA) is 29.1 Å². The number of amides is 1. The number of carbonyl (C=O) groups is 1. The summed E-state index contributed by atoms with van der Waals surface area (Å²) in [6, 6.07) is 17.1. The predicted molar refractivity (Wildman–Crippen MR) is 101 cm³/mol. The average molecular weight is 313 g/mol. The fourth-order valence-electron chi connectivity index (χ4n) is 2.29. The lowest BCUT2D eigenvalue weighted by Gasteiger charge is -2.07. The summed E-state index contributed by atoms with van der Waals surface area (Å²) in [7, 11) is 0. The van der Waals surface area contributed by atoms with E-state index in [1.54, 1.807) is 0 Å². The van der Waals surface area contributed by atoms with Gasteiger partial charge < -0.3 is 5.32 Å². The first-order valence-electron chi connectivity index (χ1n) is 8.68. The zero-order chi connectivity index (χ0) is 17.1. The summed E-state index contributed by atoms with van der Waals surface area (Å²) in [5.74, 6) is 0.0885.